The molecule has 0 atom stereocenters. The fourth-order valence-electron chi connectivity index (χ4n) is 3.63. The first kappa shape index (κ1) is 33.1. The third kappa shape index (κ3) is 10.4. The van der Waals surface area contributed by atoms with Crippen molar-refractivity contribution >= 4 is 37.4 Å². The number of rotatable bonds is 15. The number of nitrogens with zero attached hydrogens (tertiary/aromatic N) is 1. The summed E-state index contributed by atoms with van der Waals surface area (Å²) in [6.07, 6.45) is 0.899. The number of hydrogen-bond acceptors (Lipinski definition) is 6. The molecule has 0 aliphatic rings. The summed E-state index contributed by atoms with van der Waals surface area (Å²) in [7, 11) is -0.204. The van der Waals surface area contributed by atoms with Gasteiger partial charge in [0.25, 0.3) is 0 Å². The van der Waals surface area contributed by atoms with Crippen LogP contribution in [-0.4, -0.2) is 58.4 Å². The van der Waals surface area contributed by atoms with Crippen molar-refractivity contribution in [2.75, 3.05) is 31.6 Å². The lowest BCUT2D eigenvalue weighted by Crippen LogP contribution is -2.40. The van der Waals surface area contributed by atoms with Crippen molar-refractivity contribution in [2.24, 2.45) is 0 Å². The van der Waals surface area contributed by atoms with Gasteiger partial charge in [-0.25, -0.2) is 0 Å². The summed E-state index contributed by atoms with van der Waals surface area (Å²) in [5.74, 6) is -0.917. The van der Waals surface area contributed by atoms with E-state index in [-0.39, 0.29) is 60.9 Å². The molecule has 2 rings (SSSR count). The average molecular weight is 568 g/mol. The Morgan fingerprint density at radius 3 is 2.17 bits per heavy atom. The molecule has 0 fully saturated rings. The molecule has 40 heavy (non-hydrogen) atoms. The quantitative estimate of drug-likeness (QED) is 0.239. The van der Waals surface area contributed by atoms with Gasteiger partial charge in [-0.3, -0.25) is 19.2 Å². The van der Waals surface area contributed by atoms with Crippen LogP contribution in [0.5, 0.6) is 0 Å². The number of nitrogens with one attached hydrogen (secondary N) is 2. The zero-order valence-electron chi connectivity index (χ0n) is 25.1. The molecule has 0 aliphatic heterocycles. The van der Waals surface area contributed by atoms with Crippen LogP contribution in [0.1, 0.15) is 62.0 Å². The van der Waals surface area contributed by atoms with E-state index in [1.54, 1.807) is 36.2 Å². The van der Waals surface area contributed by atoms with Crippen LogP contribution >= 0.6 is 0 Å². The van der Waals surface area contributed by atoms with Gasteiger partial charge in [0.05, 0.1) is 26.2 Å². The van der Waals surface area contributed by atoms with Crippen molar-refractivity contribution in [3.05, 3.63) is 65.2 Å². The Kier molecular flexibility index (Phi) is 12.4. The van der Waals surface area contributed by atoms with Crippen LogP contribution in [0.15, 0.2) is 48.5 Å². The molecule has 218 valence electrons. The second-order valence-electron chi connectivity index (χ2n) is 11.6. The highest BCUT2D eigenvalue weighted by Crippen LogP contribution is 2.37. The van der Waals surface area contributed by atoms with E-state index in [1.165, 1.54) is 0 Å². The second-order valence-corrected chi connectivity index (χ2v) is 16.4. The predicted octanol–water partition coefficient (Wildman–Crippen LogP) is 4.67. The number of ketones is 2. The molecule has 2 N–H and O–H groups in total. The van der Waals surface area contributed by atoms with Crippen molar-refractivity contribution in [3.8, 4) is 0 Å². The first-order valence-corrected chi connectivity index (χ1v) is 16.7. The molecule has 0 saturated heterocycles. The molecule has 0 unspecified atom stereocenters. The number of hydrogen-bond donors (Lipinski definition) is 2. The average Bonchev–Trinajstić information content (AvgIpc) is 2.92. The van der Waals surface area contributed by atoms with Gasteiger partial charge in [0.1, 0.15) is 0 Å². The number of aryl methyl sites for hydroxylation is 1. The maximum Gasteiger partial charge on any atom is 0.234 e. The molecule has 0 radical (unpaired) electrons. The van der Waals surface area contributed by atoms with Crippen molar-refractivity contribution in [2.45, 2.75) is 71.7 Å². The molecule has 0 aromatic heterocycles. The molecule has 9 heteroatoms. The molecule has 2 aromatic carbocycles. The SMILES string of the molecule is CCc1cc(CO[Si](C)(C)C(C)(C)C)cc(N(C)C(=O)CCC(=O)CNC(=O)CNCC(=O)c2ccccc2)c1. The Morgan fingerprint density at radius 2 is 1.55 bits per heavy atom. The van der Waals surface area contributed by atoms with Gasteiger partial charge in [-0.05, 0) is 47.8 Å². The van der Waals surface area contributed by atoms with Gasteiger partial charge in [0.15, 0.2) is 19.9 Å². The van der Waals surface area contributed by atoms with Crippen LogP contribution in [-0.2, 0) is 31.8 Å². The largest absolute Gasteiger partial charge is 0.413 e. The third-order valence-corrected chi connectivity index (χ3v) is 11.9. The minimum atomic E-state index is -1.92. The summed E-state index contributed by atoms with van der Waals surface area (Å²) >= 11 is 0. The Hall–Kier alpha value is -3.14. The summed E-state index contributed by atoms with van der Waals surface area (Å²) < 4.78 is 6.39. The molecule has 0 saturated carbocycles. The molecule has 2 aromatic rings. The Morgan fingerprint density at radius 1 is 0.900 bits per heavy atom. The van der Waals surface area contributed by atoms with Crippen molar-refractivity contribution in [1.82, 2.24) is 10.6 Å². The molecule has 2 amide bonds. The van der Waals surface area contributed by atoms with Crippen molar-refractivity contribution in [3.63, 3.8) is 0 Å². The monoisotopic (exact) mass is 567 g/mol. The Balaban J connectivity index is 1.81. The predicted molar refractivity (Wildman–Crippen MR) is 162 cm³/mol. The number of amides is 2. The van der Waals surface area contributed by atoms with Gasteiger partial charge in [-0.1, -0.05) is 64.1 Å². The number of Topliss-reactive ketones (excluding diaryl/α,β-unsaturated/α-hetero) is 2. The summed E-state index contributed by atoms with van der Waals surface area (Å²) in [5, 5.41) is 5.44. The molecule has 0 bridgehead atoms. The summed E-state index contributed by atoms with van der Waals surface area (Å²) in [6, 6.07) is 14.9. The van der Waals surface area contributed by atoms with Gasteiger partial charge in [-0.15, -0.1) is 0 Å². The van der Waals surface area contributed by atoms with Gasteiger partial charge < -0.3 is 20.0 Å². The van der Waals surface area contributed by atoms with Gasteiger partial charge in [0, 0.05) is 31.1 Å². The van der Waals surface area contributed by atoms with Crippen LogP contribution < -0.4 is 15.5 Å². The molecule has 8 nitrogen and oxygen atoms in total. The maximum atomic E-state index is 12.9. The van der Waals surface area contributed by atoms with E-state index in [4.69, 9.17) is 4.43 Å². The number of carbonyl (C=O) groups excluding carboxylic acids is 4. The second kappa shape index (κ2) is 15.0. The maximum absolute atomic E-state index is 12.9. The normalized spacial score (nSPS) is 11.7. The highest BCUT2D eigenvalue weighted by molar-refractivity contribution is 6.74. The van der Waals surface area contributed by atoms with Crippen molar-refractivity contribution < 1.29 is 23.6 Å². The molecular formula is C31H45N3O5Si. The van der Waals surface area contributed by atoms with E-state index in [2.05, 4.69) is 57.5 Å². The summed E-state index contributed by atoms with van der Waals surface area (Å²) in [6.45, 7) is 13.4. The van der Waals surface area contributed by atoms with E-state index < -0.39 is 8.32 Å². The minimum Gasteiger partial charge on any atom is -0.413 e. The van der Waals surface area contributed by atoms with E-state index in [1.807, 2.05) is 18.2 Å². The lowest BCUT2D eigenvalue weighted by Gasteiger charge is -2.36. The Bertz CT molecular complexity index is 1180. The summed E-state index contributed by atoms with van der Waals surface area (Å²) in [5.41, 5.74) is 3.48. The standard InChI is InChI=1S/C31H45N3O5Si/c1-8-23-16-24(22-39-40(6,7)31(2,3)4)18-26(17-23)34(5)30(38)15-14-27(35)19-33-29(37)21-32-20-28(36)25-12-10-9-11-13-25/h9-13,16-18,32H,8,14-15,19-22H2,1-7H3,(H,33,37). The highest BCUT2D eigenvalue weighted by atomic mass is 28.4. The topological polar surface area (TPSA) is 105 Å². The zero-order chi connectivity index (χ0) is 29.9. The van der Waals surface area contributed by atoms with Gasteiger partial charge >= 0.3 is 0 Å². The van der Waals surface area contributed by atoms with Gasteiger partial charge in [0.2, 0.25) is 11.8 Å². The van der Waals surface area contributed by atoms with Crippen LogP contribution in [0.3, 0.4) is 0 Å². The smallest absolute Gasteiger partial charge is 0.234 e. The van der Waals surface area contributed by atoms with Crippen LogP contribution in [0.4, 0.5) is 5.69 Å². The van der Waals surface area contributed by atoms with Crippen molar-refractivity contribution in [1.29, 1.82) is 0 Å². The van der Waals surface area contributed by atoms with Crippen LogP contribution in [0.25, 0.3) is 0 Å². The lowest BCUT2D eigenvalue weighted by atomic mass is 10.1. The minimum absolute atomic E-state index is 0.0234. The van der Waals surface area contributed by atoms with E-state index in [9.17, 15) is 19.2 Å². The van der Waals surface area contributed by atoms with Crippen LogP contribution in [0, 0.1) is 0 Å². The zero-order valence-corrected chi connectivity index (χ0v) is 26.1. The Labute approximate surface area is 240 Å². The molecule has 0 aliphatic carbocycles. The number of anilines is 1. The highest BCUT2D eigenvalue weighted by Gasteiger charge is 2.37. The summed E-state index contributed by atoms with van der Waals surface area (Å²) in [4.78, 5) is 50.9. The number of benzene rings is 2. The fourth-order valence-corrected chi connectivity index (χ4v) is 4.59. The fraction of sp³-hybridized carbons (Fsp3) is 0.484. The number of carbonyl (C=O) groups is 4. The van der Waals surface area contributed by atoms with E-state index in [0.29, 0.717) is 12.2 Å². The third-order valence-electron chi connectivity index (χ3n) is 7.38. The molecule has 0 heterocycles. The van der Waals surface area contributed by atoms with E-state index >= 15 is 0 Å². The molecule has 0 spiro atoms. The van der Waals surface area contributed by atoms with E-state index in [0.717, 1.165) is 23.2 Å². The first-order chi connectivity index (χ1) is 18.7. The van der Waals surface area contributed by atoms with Crippen LogP contribution in [0.2, 0.25) is 18.1 Å². The molecular weight excluding hydrogens is 522 g/mol. The first-order valence-electron chi connectivity index (χ1n) is 13.8. The van der Waals surface area contributed by atoms with Gasteiger partial charge in [-0.2, -0.15) is 0 Å². The lowest BCUT2D eigenvalue weighted by molar-refractivity contribution is -0.125.